The molecule has 0 bridgehead atoms. The number of benzene rings is 1. The first kappa shape index (κ1) is 12.5. The zero-order valence-electron chi connectivity index (χ0n) is 8.38. The van der Waals surface area contributed by atoms with Gasteiger partial charge in [-0.3, -0.25) is 4.79 Å². The van der Waals surface area contributed by atoms with E-state index in [4.69, 9.17) is 10.8 Å². The van der Waals surface area contributed by atoms with Crippen LogP contribution in [0.15, 0.2) is 18.2 Å². The molecule has 3 nitrogen and oxygen atoms in total. The summed E-state index contributed by atoms with van der Waals surface area (Å²) in [6.07, 6.45) is -4.43. The molecule has 0 fully saturated rings. The van der Waals surface area contributed by atoms with Crippen molar-refractivity contribution in [2.24, 2.45) is 5.73 Å². The normalized spacial score (nSPS) is 13.6. The molecule has 6 heteroatoms. The van der Waals surface area contributed by atoms with Crippen molar-refractivity contribution in [2.75, 3.05) is 0 Å². The molecule has 88 valence electrons. The highest BCUT2D eigenvalue weighted by Crippen LogP contribution is 2.32. The number of aliphatic carboxylic acids is 1. The lowest BCUT2D eigenvalue weighted by Gasteiger charge is -2.13. The van der Waals surface area contributed by atoms with Gasteiger partial charge in [-0.15, -0.1) is 0 Å². The predicted molar refractivity (Wildman–Crippen MR) is 50.7 cm³/mol. The zero-order chi connectivity index (χ0) is 12.5. The number of carbonyl (C=O) groups is 1. The van der Waals surface area contributed by atoms with Crippen LogP contribution in [-0.4, -0.2) is 11.1 Å². The van der Waals surface area contributed by atoms with Gasteiger partial charge in [-0.25, -0.2) is 0 Å². The van der Waals surface area contributed by atoms with E-state index < -0.39 is 23.8 Å². The third-order valence-electron chi connectivity index (χ3n) is 2.18. The minimum Gasteiger partial charge on any atom is -0.480 e. The maximum absolute atomic E-state index is 12.4. The summed E-state index contributed by atoms with van der Waals surface area (Å²) in [5.74, 6) is -1.28. The van der Waals surface area contributed by atoms with Crippen LogP contribution in [-0.2, 0) is 11.0 Å². The van der Waals surface area contributed by atoms with Crippen LogP contribution in [0.3, 0.4) is 0 Å². The summed E-state index contributed by atoms with van der Waals surface area (Å²) in [6, 6.07) is 1.75. The predicted octanol–water partition coefficient (Wildman–Crippen LogP) is 2.10. The average Bonchev–Trinajstić information content (AvgIpc) is 2.14. The largest absolute Gasteiger partial charge is 0.480 e. The highest BCUT2D eigenvalue weighted by Gasteiger charge is 2.32. The summed E-state index contributed by atoms with van der Waals surface area (Å²) in [5, 5.41) is 8.61. The molecule has 0 aliphatic carbocycles. The van der Waals surface area contributed by atoms with Gasteiger partial charge in [0.25, 0.3) is 0 Å². The Labute approximate surface area is 89.7 Å². The molecule has 3 N–H and O–H groups in total. The summed E-state index contributed by atoms with van der Waals surface area (Å²) in [5.41, 5.74) is 4.61. The Morgan fingerprint density at radius 1 is 1.44 bits per heavy atom. The van der Waals surface area contributed by atoms with Gasteiger partial charge in [0, 0.05) is 0 Å². The number of nitrogens with two attached hydrogens (primary N) is 1. The van der Waals surface area contributed by atoms with E-state index in [1.807, 2.05) is 0 Å². The van der Waals surface area contributed by atoms with Gasteiger partial charge < -0.3 is 10.8 Å². The van der Waals surface area contributed by atoms with Crippen LogP contribution in [0.25, 0.3) is 0 Å². The Hall–Kier alpha value is -1.56. The molecule has 0 aliphatic heterocycles. The number of alkyl halides is 3. The molecule has 0 aliphatic rings. The van der Waals surface area contributed by atoms with Crippen LogP contribution >= 0.6 is 0 Å². The van der Waals surface area contributed by atoms with Crippen LogP contribution in [0.2, 0.25) is 0 Å². The molecule has 1 aromatic rings. The number of carboxylic acids is 1. The monoisotopic (exact) mass is 233 g/mol. The van der Waals surface area contributed by atoms with Crippen molar-refractivity contribution >= 4 is 5.97 Å². The van der Waals surface area contributed by atoms with E-state index >= 15 is 0 Å². The van der Waals surface area contributed by atoms with E-state index in [9.17, 15) is 18.0 Å². The van der Waals surface area contributed by atoms with Crippen molar-refractivity contribution in [2.45, 2.75) is 19.1 Å². The number of hydrogen-bond donors (Lipinski definition) is 2. The Morgan fingerprint density at radius 3 is 2.38 bits per heavy atom. The molecule has 0 radical (unpaired) electrons. The molecule has 1 unspecified atom stereocenters. The Kier molecular flexibility index (Phi) is 3.23. The van der Waals surface area contributed by atoms with Crippen molar-refractivity contribution in [3.05, 3.63) is 34.9 Å². The maximum atomic E-state index is 12.4. The number of aryl methyl sites for hydroxylation is 1. The Bertz CT molecular complexity index is 415. The van der Waals surface area contributed by atoms with Gasteiger partial charge in [-0.1, -0.05) is 12.1 Å². The number of rotatable bonds is 2. The third-order valence-corrected chi connectivity index (χ3v) is 2.18. The van der Waals surface area contributed by atoms with Crippen molar-refractivity contribution in [1.29, 1.82) is 0 Å². The summed E-state index contributed by atoms with van der Waals surface area (Å²) >= 11 is 0. The molecule has 1 rings (SSSR count). The second-order valence-corrected chi connectivity index (χ2v) is 3.39. The Morgan fingerprint density at radius 2 is 2.00 bits per heavy atom. The lowest BCUT2D eigenvalue weighted by Crippen LogP contribution is -2.21. The van der Waals surface area contributed by atoms with Gasteiger partial charge in [0.05, 0.1) is 5.56 Å². The summed E-state index contributed by atoms with van der Waals surface area (Å²) < 4.78 is 37.2. The van der Waals surface area contributed by atoms with E-state index in [0.29, 0.717) is 0 Å². The average molecular weight is 233 g/mol. The fourth-order valence-corrected chi connectivity index (χ4v) is 1.34. The first-order chi connectivity index (χ1) is 7.23. The molecule has 0 aromatic heterocycles. The first-order valence-electron chi connectivity index (χ1n) is 4.39. The van der Waals surface area contributed by atoms with Gasteiger partial charge in [0.1, 0.15) is 6.04 Å². The quantitative estimate of drug-likeness (QED) is 0.822. The zero-order valence-corrected chi connectivity index (χ0v) is 8.38. The molecule has 0 heterocycles. The van der Waals surface area contributed by atoms with Crippen LogP contribution < -0.4 is 5.73 Å². The van der Waals surface area contributed by atoms with E-state index in [-0.39, 0.29) is 11.1 Å². The summed E-state index contributed by atoms with van der Waals surface area (Å²) in [7, 11) is 0. The van der Waals surface area contributed by atoms with E-state index in [2.05, 4.69) is 0 Å². The third kappa shape index (κ3) is 2.52. The SMILES string of the molecule is Cc1cc(C(N)C(=O)O)ccc1C(F)(F)F. The number of carboxylic acid groups (broad SMARTS) is 1. The topological polar surface area (TPSA) is 63.3 Å². The molecule has 0 spiro atoms. The Balaban J connectivity index is 3.14. The number of hydrogen-bond acceptors (Lipinski definition) is 2. The molecule has 0 saturated heterocycles. The lowest BCUT2D eigenvalue weighted by atomic mass is 10.0. The second kappa shape index (κ2) is 4.13. The summed E-state index contributed by atoms with van der Waals surface area (Å²) in [6.45, 7) is 1.26. The van der Waals surface area contributed by atoms with Crippen molar-refractivity contribution in [3.8, 4) is 0 Å². The van der Waals surface area contributed by atoms with Gasteiger partial charge in [-0.05, 0) is 24.1 Å². The molecule has 16 heavy (non-hydrogen) atoms. The van der Waals surface area contributed by atoms with Crippen LogP contribution in [0.5, 0.6) is 0 Å². The van der Waals surface area contributed by atoms with Gasteiger partial charge in [0.15, 0.2) is 0 Å². The lowest BCUT2D eigenvalue weighted by molar-refractivity contribution is -0.138. The molecule has 0 amide bonds. The highest BCUT2D eigenvalue weighted by atomic mass is 19.4. The minimum absolute atomic E-state index is 0.0401. The molecular formula is C10H10F3NO2. The van der Waals surface area contributed by atoms with Crippen molar-refractivity contribution in [3.63, 3.8) is 0 Å². The van der Waals surface area contributed by atoms with Crippen LogP contribution in [0, 0.1) is 6.92 Å². The molecule has 1 atom stereocenters. The van der Waals surface area contributed by atoms with Crippen LogP contribution in [0.1, 0.15) is 22.7 Å². The minimum atomic E-state index is -4.43. The van der Waals surface area contributed by atoms with Gasteiger partial charge in [-0.2, -0.15) is 13.2 Å². The van der Waals surface area contributed by atoms with E-state index in [0.717, 1.165) is 18.2 Å². The fourth-order valence-electron chi connectivity index (χ4n) is 1.34. The molecular weight excluding hydrogens is 223 g/mol. The second-order valence-electron chi connectivity index (χ2n) is 3.39. The summed E-state index contributed by atoms with van der Waals surface area (Å²) in [4.78, 5) is 10.5. The standard InChI is InChI=1S/C10H10F3NO2/c1-5-4-6(8(14)9(15)16)2-3-7(5)10(11,12)13/h2-4,8H,14H2,1H3,(H,15,16). The first-order valence-corrected chi connectivity index (χ1v) is 4.39. The number of halogens is 3. The van der Waals surface area contributed by atoms with Crippen LogP contribution in [0.4, 0.5) is 13.2 Å². The van der Waals surface area contributed by atoms with Gasteiger partial charge >= 0.3 is 12.1 Å². The van der Waals surface area contributed by atoms with E-state index in [1.165, 1.54) is 6.92 Å². The van der Waals surface area contributed by atoms with Gasteiger partial charge in [0.2, 0.25) is 0 Å². The highest BCUT2D eigenvalue weighted by molar-refractivity contribution is 5.75. The molecule has 1 aromatic carbocycles. The molecule has 0 saturated carbocycles. The van der Waals surface area contributed by atoms with Crippen molar-refractivity contribution < 1.29 is 23.1 Å². The maximum Gasteiger partial charge on any atom is 0.416 e. The van der Waals surface area contributed by atoms with E-state index in [1.54, 1.807) is 0 Å². The fraction of sp³-hybridized carbons (Fsp3) is 0.300. The van der Waals surface area contributed by atoms with Crippen molar-refractivity contribution in [1.82, 2.24) is 0 Å². The smallest absolute Gasteiger partial charge is 0.416 e.